The summed E-state index contributed by atoms with van der Waals surface area (Å²) in [6.45, 7) is 1.98. The molecule has 8 heteroatoms. The van der Waals surface area contributed by atoms with Crippen LogP contribution < -0.4 is 10.6 Å². The molecule has 1 aromatic rings. The molecule has 26 heavy (non-hydrogen) atoms. The van der Waals surface area contributed by atoms with Gasteiger partial charge in [-0.3, -0.25) is 9.89 Å². The number of nitrogens with one attached hydrogen (secondary N) is 2. The maximum Gasteiger partial charge on any atom is 0.251 e. The molecule has 146 valence electrons. The molecule has 0 aliphatic carbocycles. The summed E-state index contributed by atoms with van der Waals surface area (Å²) in [5.74, 6) is 0.749. The van der Waals surface area contributed by atoms with Crippen LogP contribution in [0.3, 0.4) is 0 Å². The predicted octanol–water partition coefficient (Wildman–Crippen LogP) is 3.64. The van der Waals surface area contributed by atoms with E-state index < -0.39 is 6.43 Å². The molecular weight excluding hydrogens is 378 g/mol. The van der Waals surface area contributed by atoms with Crippen molar-refractivity contribution in [3.63, 3.8) is 0 Å². The molecule has 1 atom stereocenters. The average molecular weight is 405 g/mol. The van der Waals surface area contributed by atoms with Crippen LogP contribution in [0, 0.1) is 0 Å². The second kappa shape index (κ2) is 10.9. The van der Waals surface area contributed by atoms with Gasteiger partial charge in [0.2, 0.25) is 0 Å². The van der Waals surface area contributed by atoms with Gasteiger partial charge in [-0.15, -0.1) is 0 Å². The molecule has 1 saturated heterocycles. The lowest BCUT2D eigenvalue weighted by molar-refractivity contribution is 0.0744. The third-order valence-corrected chi connectivity index (χ3v) is 5.75. The number of piperidine rings is 1. The number of nitrogens with zero attached hydrogens (tertiary/aromatic N) is 2. The van der Waals surface area contributed by atoms with E-state index in [-0.39, 0.29) is 17.8 Å². The summed E-state index contributed by atoms with van der Waals surface area (Å²) in [5.41, 5.74) is 1.17. The Labute approximate surface area is 163 Å². The van der Waals surface area contributed by atoms with Gasteiger partial charge in [-0.2, -0.15) is 11.8 Å². The number of thioether (sulfide) groups is 1. The second-order valence-electron chi connectivity index (χ2n) is 6.34. The molecule has 1 heterocycles. The van der Waals surface area contributed by atoms with Crippen molar-refractivity contribution in [2.24, 2.45) is 4.99 Å². The van der Waals surface area contributed by atoms with E-state index in [0.29, 0.717) is 13.1 Å². The third kappa shape index (κ3) is 6.93. The van der Waals surface area contributed by atoms with Crippen LogP contribution in [0.2, 0.25) is 5.02 Å². The van der Waals surface area contributed by atoms with Crippen molar-refractivity contribution in [2.45, 2.75) is 30.6 Å². The Morgan fingerprint density at radius 3 is 2.69 bits per heavy atom. The molecule has 1 fully saturated rings. The quantitative estimate of drug-likeness (QED) is 0.537. The number of alkyl halides is 2. The van der Waals surface area contributed by atoms with Crippen LogP contribution in [0.15, 0.2) is 29.3 Å². The van der Waals surface area contributed by atoms with Crippen LogP contribution in [0.25, 0.3) is 0 Å². The van der Waals surface area contributed by atoms with E-state index in [9.17, 15) is 8.78 Å². The first-order valence-electron chi connectivity index (χ1n) is 8.77. The molecule has 1 aliphatic heterocycles. The summed E-state index contributed by atoms with van der Waals surface area (Å²) in [7, 11) is 1.74. The number of guanidine groups is 1. The highest BCUT2D eigenvalue weighted by atomic mass is 35.5. The lowest BCUT2D eigenvalue weighted by Crippen LogP contribution is -2.49. The van der Waals surface area contributed by atoms with Gasteiger partial charge in [0.1, 0.15) is 0 Å². The minimum absolute atomic E-state index is 0.130. The highest BCUT2D eigenvalue weighted by Crippen LogP contribution is 2.27. The van der Waals surface area contributed by atoms with Crippen molar-refractivity contribution in [2.75, 3.05) is 39.5 Å². The first-order valence-corrected chi connectivity index (χ1v) is 10.4. The van der Waals surface area contributed by atoms with E-state index in [1.165, 1.54) is 5.56 Å². The van der Waals surface area contributed by atoms with Crippen LogP contribution in [0.5, 0.6) is 0 Å². The zero-order chi connectivity index (χ0) is 18.9. The minimum atomic E-state index is -2.26. The number of likely N-dealkylation sites (tertiary alicyclic amines) is 1. The molecule has 0 bridgehead atoms. The van der Waals surface area contributed by atoms with Crippen molar-refractivity contribution in [1.29, 1.82) is 0 Å². The van der Waals surface area contributed by atoms with Gasteiger partial charge < -0.3 is 10.6 Å². The summed E-state index contributed by atoms with van der Waals surface area (Å²) in [6, 6.07) is 8.15. The first kappa shape index (κ1) is 21.3. The van der Waals surface area contributed by atoms with E-state index in [2.05, 4.69) is 27.9 Å². The van der Waals surface area contributed by atoms with Gasteiger partial charge in [0.05, 0.1) is 6.54 Å². The normalized spacial score (nSPS) is 18.2. The third-order valence-electron chi connectivity index (χ3n) is 4.51. The number of aliphatic imine (C=N–C) groups is 1. The Balaban J connectivity index is 1.80. The SMILES string of the molecule is CN=C(NCC(SC)c1cccc(Cl)c1)NC1CCN(CC(F)F)CC1. The van der Waals surface area contributed by atoms with Gasteiger partial charge in [0.15, 0.2) is 5.96 Å². The number of benzene rings is 1. The zero-order valence-corrected chi connectivity index (χ0v) is 16.8. The van der Waals surface area contributed by atoms with Crippen LogP contribution in [0.1, 0.15) is 23.7 Å². The van der Waals surface area contributed by atoms with Crippen molar-refractivity contribution in [1.82, 2.24) is 15.5 Å². The predicted molar refractivity (Wildman–Crippen MR) is 108 cm³/mol. The second-order valence-corrected chi connectivity index (χ2v) is 7.82. The Morgan fingerprint density at radius 1 is 1.38 bits per heavy atom. The average Bonchev–Trinajstić information content (AvgIpc) is 2.62. The molecule has 1 aromatic carbocycles. The van der Waals surface area contributed by atoms with E-state index >= 15 is 0 Å². The molecule has 2 rings (SSSR count). The number of rotatable bonds is 7. The van der Waals surface area contributed by atoms with Crippen molar-refractivity contribution in [3.05, 3.63) is 34.9 Å². The van der Waals surface area contributed by atoms with Crippen LogP contribution in [-0.2, 0) is 0 Å². The van der Waals surface area contributed by atoms with Crippen LogP contribution in [0.4, 0.5) is 8.78 Å². The van der Waals surface area contributed by atoms with Crippen molar-refractivity contribution in [3.8, 4) is 0 Å². The molecule has 2 N–H and O–H groups in total. The van der Waals surface area contributed by atoms with Gasteiger partial charge in [-0.25, -0.2) is 8.78 Å². The van der Waals surface area contributed by atoms with Gasteiger partial charge in [0.25, 0.3) is 6.43 Å². The number of hydrogen-bond donors (Lipinski definition) is 2. The fourth-order valence-electron chi connectivity index (χ4n) is 3.08. The Bertz CT molecular complexity index is 580. The summed E-state index contributed by atoms with van der Waals surface area (Å²) < 4.78 is 24.9. The summed E-state index contributed by atoms with van der Waals surface area (Å²) in [5, 5.41) is 7.78. The Hall–Kier alpha value is -1.05. The lowest BCUT2D eigenvalue weighted by atomic mass is 10.1. The largest absolute Gasteiger partial charge is 0.355 e. The molecule has 0 aromatic heterocycles. The summed E-state index contributed by atoms with van der Waals surface area (Å²) in [6.07, 6.45) is 1.49. The molecule has 1 aliphatic rings. The fraction of sp³-hybridized carbons (Fsp3) is 0.611. The monoisotopic (exact) mass is 404 g/mol. The Morgan fingerprint density at radius 2 is 2.12 bits per heavy atom. The molecular formula is C18H27ClF2N4S. The van der Waals surface area contributed by atoms with Gasteiger partial charge >= 0.3 is 0 Å². The Kier molecular flexibility index (Phi) is 8.95. The topological polar surface area (TPSA) is 39.7 Å². The van der Waals surface area contributed by atoms with Crippen LogP contribution in [-0.4, -0.2) is 62.8 Å². The molecule has 0 saturated carbocycles. The highest BCUT2D eigenvalue weighted by molar-refractivity contribution is 7.98. The molecule has 0 amide bonds. The number of halogens is 3. The molecule has 1 unspecified atom stereocenters. The van der Waals surface area contributed by atoms with E-state index in [0.717, 1.165) is 30.4 Å². The lowest BCUT2D eigenvalue weighted by Gasteiger charge is -2.33. The standard InChI is InChI=1S/C18H27ClF2N4S/c1-22-18(24-15-6-8-25(9-7-15)12-17(20)21)23-11-16(26-2)13-4-3-5-14(19)10-13/h3-5,10,15-17H,6-9,11-12H2,1-2H3,(H2,22,23,24). The molecule has 0 radical (unpaired) electrons. The zero-order valence-electron chi connectivity index (χ0n) is 15.2. The van der Waals surface area contributed by atoms with E-state index in [1.807, 2.05) is 23.1 Å². The summed E-state index contributed by atoms with van der Waals surface area (Å²) in [4.78, 5) is 6.11. The van der Waals surface area contributed by atoms with E-state index in [4.69, 9.17) is 11.6 Å². The first-order chi connectivity index (χ1) is 12.5. The molecule has 4 nitrogen and oxygen atoms in total. The van der Waals surface area contributed by atoms with E-state index in [1.54, 1.807) is 18.8 Å². The fourth-order valence-corrected chi connectivity index (χ4v) is 3.94. The van der Waals surface area contributed by atoms with Crippen molar-refractivity contribution >= 4 is 29.3 Å². The maximum atomic E-state index is 12.5. The maximum absolute atomic E-state index is 12.5. The molecule has 0 spiro atoms. The smallest absolute Gasteiger partial charge is 0.251 e. The summed E-state index contributed by atoms with van der Waals surface area (Å²) >= 11 is 7.85. The van der Waals surface area contributed by atoms with Gasteiger partial charge in [-0.1, -0.05) is 23.7 Å². The van der Waals surface area contributed by atoms with Crippen molar-refractivity contribution < 1.29 is 8.78 Å². The highest BCUT2D eigenvalue weighted by Gasteiger charge is 2.22. The minimum Gasteiger partial charge on any atom is -0.355 e. The van der Waals surface area contributed by atoms with Gasteiger partial charge in [-0.05, 0) is 36.8 Å². The van der Waals surface area contributed by atoms with Gasteiger partial charge in [0, 0.05) is 43.0 Å². The number of hydrogen-bond acceptors (Lipinski definition) is 3. The van der Waals surface area contributed by atoms with Crippen LogP contribution >= 0.6 is 23.4 Å².